The third-order valence-corrected chi connectivity index (χ3v) is 5.56. The molecule has 1 N–H and O–H groups in total. The lowest BCUT2D eigenvalue weighted by molar-refractivity contribution is -0.143. The molecule has 19 heavy (non-hydrogen) atoms. The highest BCUT2D eigenvalue weighted by Crippen LogP contribution is 2.29. The van der Waals surface area contributed by atoms with Crippen LogP contribution >= 0.6 is 27.3 Å². The average Bonchev–Trinajstić information content (AvgIpc) is 2.65. The van der Waals surface area contributed by atoms with E-state index in [2.05, 4.69) is 20.7 Å². The predicted octanol–water partition coefficient (Wildman–Crippen LogP) is 2.44. The molecule has 0 aliphatic heterocycles. The first-order chi connectivity index (χ1) is 8.86. The number of carbonyl (C=O) groups excluding carboxylic acids is 1. The zero-order valence-electron chi connectivity index (χ0n) is 10.7. The van der Waals surface area contributed by atoms with Gasteiger partial charge in [0, 0.05) is 17.8 Å². The molecule has 0 fully saturated rings. The Hall–Kier alpha value is -0.440. The molecule has 0 amide bonds. The topological polar surface area (TPSA) is 72.5 Å². The zero-order valence-corrected chi connectivity index (χ0v) is 14.0. The first kappa shape index (κ1) is 16.6. The van der Waals surface area contributed by atoms with Gasteiger partial charge in [-0.25, -0.2) is 13.1 Å². The number of thiophene rings is 1. The summed E-state index contributed by atoms with van der Waals surface area (Å²) in [4.78, 5) is 12.1. The van der Waals surface area contributed by atoms with E-state index in [1.807, 2.05) is 0 Å². The van der Waals surface area contributed by atoms with Gasteiger partial charge in [-0.1, -0.05) is 0 Å². The summed E-state index contributed by atoms with van der Waals surface area (Å²) in [7, 11) is -3.50. The molecule has 8 heteroatoms. The lowest BCUT2D eigenvalue weighted by atomic mass is 10.3. The Bertz CT molecular complexity index is 539. The van der Waals surface area contributed by atoms with Gasteiger partial charge in [0.15, 0.2) is 0 Å². The van der Waals surface area contributed by atoms with Crippen molar-refractivity contribution in [1.29, 1.82) is 0 Å². The second-order valence-corrected chi connectivity index (χ2v) is 8.15. The van der Waals surface area contributed by atoms with Gasteiger partial charge < -0.3 is 4.74 Å². The van der Waals surface area contributed by atoms with Crippen LogP contribution in [0.2, 0.25) is 0 Å². The summed E-state index contributed by atoms with van der Waals surface area (Å²) in [5.74, 6) is -0.309. The first-order valence-electron chi connectivity index (χ1n) is 5.78. The number of nitrogens with one attached hydrogen (secondary N) is 1. The summed E-state index contributed by atoms with van der Waals surface area (Å²) in [6.07, 6.45) is 0.630. The molecule has 0 spiro atoms. The van der Waals surface area contributed by atoms with E-state index in [0.717, 1.165) is 8.66 Å². The molecule has 0 saturated heterocycles. The van der Waals surface area contributed by atoms with Gasteiger partial charge in [-0.2, -0.15) is 0 Å². The Kier molecular flexibility index (Phi) is 6.45. The van der Waals surface area contributed by atoms with E-state index in [9.17, 15) is 13.2 Å². The van der Waals surface area contributed by atoms with Gasteiger partial charge in [-0.05, 0) is 42.3 Å². The van der Waals surface area contributed by atoms with Crippen molar-refractivity contribution in [2.45, 2.75) is 31.6 Å². The maximum Gasteiger partial charge on any atom is 0.305 e. The van der Waals surface area contributed by atoms with Gasteiger partial charge >= 0.3 is 5.97 Å². The van der Waals surface area contributed by atoms with Crippen molar-refractivity contribution in [3.63, 3.8) is 0 Å². The molecule has 0 bridgehead atoms. The van der Waals surface area contributed by atoms with E-state index >= 15 is 0 Å². The van der Waals surface area contributed by atoms with Gasteiger partial charge in [0.05, 0.1) is 15.3 Å². The van der Waals surface area contributed by atoms with Crippen molar-refractivity contribution in [2.24, 2.45) is 0 Å². The third-order valence-electron chi connectivity index (χ3n) is 2.29. The van der Waals surface area contributed by atoms with E-state index in [-0.39, 0.29) is 23.8 Å². The van der Waals surface area contributed by atoms with Crippen LogP contribution in [0.4, 0.5) is 0 Å². The van der Waals surface area contributed by atoms with Crippen LogP contribution < -0.4 is 4.72 Å². The Morgan fingerprint density at radius 3 is 2.74 bits per heavy atom. The predicted molar refractivity (Wildman–Crippen MR) is 77.8 cm³/mol. The molecule has 1 aromatic rings. The van der Waals surface area contributed by atoms with Gasteiger partial charge in [0.1, 0.15) is 0 Å². The number of aryl methyl sites for hydroxylation is 1. The minimum Gasteiger partial charge on any atom is -0.466 e. The monoisotopic (exact) mass is 369 g/mol. The molecule has 0 aliphatic rings. The molecule has 5 nitrogen and oxygen atoms in total. The average molecular weight is 370 g/mol. The summed E-state index contributed by atoms with van der Waals surface area (Å²) in [5, 5.41) is 0. The SMILES string of the molecule is CCOC(=O)CCCNS(=O)(=O)c1cc(Br)sc1C. The zero-order chi connectivity index (χ0) is 14.5. The molecule has 0 atom stereocenters. The molecular formula is C11H16BrNO4S2. The highest BCUT2D eigenvalue weighted by molar-refractivity contribution is 9.11. The maximum absolute atomic E-state index is 12.0. The lowest BCUT2D eigenvalue weighted by Crippen LogP contribution is -2.25. The van der Waals surface area contributed by atoms with Crippen LogP contribution in [0.3, 0.4) is 0 Å². The first-order valence-corrected chi connectivity index (χ1v) is 8.87. The fourth-order valence-corrected chi connectivity index (χ4v) is 4.93. The minimum atomic E-state index is -3.50. The van der Waals surface area contributed by atoms with Crippen LogP contribution in [-0.4, -0.2) is 27.5 Å². The highest BCUT2D eigenvalue weighted by Gasteiger charge is 2.18. The second-order valence-electron chi connectivity index (χ2n) is 3.78. The fraction of sp³-hybridized carbons (Fsp3) is 0.545. The van der Waals surface area contributed by atoms with E-state index < -0.39 is 10.0 Å². The number of carbonyl (C=O) groups is 1. The van der Waals surface area contributed by atoms with Crippen molar-refractivity contribution in [3.05, 3.63) is 14.7 Å². The quantitative estimate of drug-likeness (QED) is 0.591. The van der Waals surface area contributed by atoms with Gasteiger partial charge in [0.25, 0.3) is 0 Å². The van der Waals surface area contributed by atoms with Crippen LogP contribution in [0.15, 0.2) is 14.7 Å². The number of sulfonamides is 1. The van der Waals surface area contributed by atoms with Gasteiger partial charge in [0.2, 0.25) is 10.0 Å². The van der Waals surface area contributed by atoms with Crippen molar-refractivity contribution in [1.82, 2.24) is 4.72 Å². The Morgan fingerprint density at radius 1 is 1.53 bits per heavy atom. The molecule has 1 heterocycles. The molecule has 1 aromatic heterocycles. The van der Waals surface area contributed by atoms with Gasteiger partial charge in [-0.3, -0.25) is 4.79 Å². The van der Waals surface area contributed by atoms with E-state index in [1.54, 1.807) is 19.9 Å². The summed E-state index contributed by atoms with van der Waals surface area (Å²) in [6.45, 7) is 4.04. The van der Waals surface area contributed by atoms with Crippen LogP contribution in [0.25, 0.3) is 0 Å². The van der Waals surface area contributed by atoms with Crippen molar-refractivity contribution in [2.75, 3.05) is 13.2 Å². The number of esters is 1. The number of halogens is 1. The molecule has 0 aliphatic carbocycles. The minimum absolute atomic E-state index is 0.211. The van der Waals surface area contributed by atoms with Crippen molar-refractivity contribution in [3.8, 4) is 0 Å². The normalized spacial score (nSPS) is 11.5. The number of hydrogen-bond acceptors (Lipinski definition) is 5. The number of ether oxygens (including phenoxy) is 1. The Balaban J connectivity index is 2.48. The van der Waals surface area contributed by atoms with Crippen molar-refractivity contribution >= 4 is 43.3 Å². The van der Waals surface area contributed by atoms with E-state index in [1.165, 1.54) is 11.3 Å². The number of hydrogen-bond donors (Lipinski definition) is 1. The molecule has 0 unspecified atom stereocenters. The standard InChI is InChI=1S/C11H16BrNO4S2/c1-3-17-11(14)5-4-6-13-19(15,16)9-7-10(12)18-8(9)2/h7,13H,3-6H2,1-2H3. The van der Waals surface area contributed by atoms with Gasteiger partial charge in [-0.15, -0.1) is 11.3 Å². The summed E-state index contributed by atoms with van der Waals surface area (Å²) >= 11 is 4.63. The number of rotatable bonds is 7. The second kappa shape index (κ2) is 7.37. The fourth-order valence-electron chi connectivity index (χ4n) is 1.45. The van der Waals surface area contributed by atoms with E-state index in [0.29, 0.717) is 13.0 Å². The smallest absolute Gasteiger partial charge is 0.305 e. The largest absolute Gasteiger partial charge is 0.466 e. The Labute approximate surface area is 125 Å². The maximum atomic E-state index is 12.0. The molecule has 108 valence electrons. The van der Waals surface area contributed by atoms with Crippen LogP contribution in [0.1, 0.15) is 24.6 Å². The molecule has 1 rings (SSSR count). The molecule has 0 aromatic carbocycles. The van der Waals surface area contributed by atoms with Crippen LogP contribution in [-0.2, 0) is 19.6 Å². The summed E-state index contributed by atoms with van der Waals surface area (Å²) < 4.78 is 32.0. The van der Waals surface area contributed by atoms with E-state index in [4.69, 9.17) is 4.74 Å². The van der Waals surface area contributed by atoms with Crippen molar-refractivity contribution < 1.29 is 17.9 Å². The lowest BCUT2D eigenvalue weighted by Gasteiger charge is -2.06. The van der Waals surface area contributed by atoms with Crippen LogP contribution in [0, 0.1) is 6.92 Å². The summed E-state index contributed by atoms with van der Waals surface area (Å²) in [5.41, 5.74) is 0. The van der Waals surface area contributed by atoms with Crippen LogP contribution in [0.5, 0.6) is 0 Å². The third kappa shape index (κ3) is 5.21. The molecule has 0 saturated carbocycles. The Morgan fingerprint density at radius 2 is 2.21 bits per heavy atom. The molecule has 0 radical (unpaired) electrons. The molecular weight excluding hydrogens is 354 g/mol. The highest BCUT2D eigenvalue weighted by atomic mass is 79.9. The summed E-state index contributed by atoms with van der Waals surface area (Å²) in [6, 6.07) is 1.58.